The molecule has 0 saturated carbocycles. The normalized spacial score (nSPS) is 11.2. The number of ether oxygens (including phenoxy) is 12. The van der Waals surface area contributed by atoms with Gasteiger partial charge >= 0.3 is 11.9 Å². The van der Waals surface area contributed by atoms with Crippen molar-refractivity contribution in [2.24, 2.45) is 0 Å². The van der Waals surface area contributed by atoms with Gasteiger partial charge in [-0.1, -0.05) is 0 Å². The molecule has 0 unspecified atom stereocenters. The monoisotopic (exact) mass is 692 g/mol. The molecular formula is C29H53ClO16. The second-order valence-electron chi connectivity index (χ2n) is 8.87. The van der Waals surface area contributed by atoms with Crippen LogP contribution in [0.5, 0.6) is 0 Å². The highest BCUT2D eigenvalue weighted by molar-refractivity contribution is 6.32. The van der Waals surface area contributed by atoms with Crippen molar-refractivity contribution in [1.29, 1.82) is 0 Å². The Morgan fingerprint density at radius 2 is 0.609 bits per heavy atom. The molecule has 0 atom stereocenters. The van der Waals surface area contributed by atoms with E-state index in [1.807, 2.05) is 0 Å². The van der Waals surface area contributed by atoms with Gasteiger partial charge in [-0.3, -0.25) is 9.59 Å². The van der Waals surface area contributed by atoms with Gasteiger partial charge in [0.15, 0.2) is 0 Å². The van der Waals surface area contributed by atoms with E-state index in [1.165, 1.54) is 0 Å². The molecule has 0 amide bonds. The standard InChI is InChI=1S/C29H53ClO16/c30-3-4-35-5-6-36-7-8-37-9-10-38-11-12-39-13-14-40-15-16-41-17-18-42-19-20-43-21-22-44-23-24-45-25-26-46-28(32)2-1-27(31)29(33)34/h1-26H2,(H,33,34). The van der Waals surface area contributed by atoms with Crippen LogP contribution in [0.3, 0.4) is 0 Å². The Hall–Kier alpha value is -1.54. The van der Waals surface area contributed by atoms with Gasteiger partial charge in [0.05, 0.1) is 152 Å². The van der Waals surface area contributed by atoms with Crippen molar-refractivity contribution in [2.75, 3.05) is 158 Å². The van der Waals surface area contributed by atoms with Crippen molar-refractivity contribution in [3.63, 3.8) is 0 Å². The Bertz CT molecular complexity index is 688. The highest BCUT2D eigenvalue weighted by Crippen LogP contribution is 1.95. The highest BCUT2D eigenvalue weighted by Gasteiger charge is 2.14. The van der Waals surface area contributed by atoms with Crippen LogP contribution in [0.25, 0.3) is 0 Å². The van der Waals surface area contributed by atoms with E-state index in [1.54, 1.807) is 0 Å². The molecule has 0 aliphatic heterocycles. The number of rotatable bonds is 39. The Labute approximate surface area is 276 Å². The molecule has 16 nitrogen and oxygen atoms in total. The van der Waals surface area contributed by atoms with Gasteiger partial charge in [0.2, 0.25) is 5.78 Å². The van der Waals surface area contributed by atoms with E-state index in [0.29, 0.717) is 145 Å². The predicted octanol–water partition coefficient (Wildman–Crippen LogP) is 0.385. The van der Waals surface area contributed by atoms with E-state index >= 15 is 0 Å². The third-order valence-electron chi connectivity index (χ3n) is 5.23. The minimum atomic E-state index is -1.56. The summed E-state index contributed by atoms with van der Waals surface area (Å²) in [6.07, 6.45) is -0.661. The maximum Gasteiger partial charge on any atom is 0.372 e. The minimum Gasteiger partial charge on any atom is -0.476 e. The van der Waals surface area contributed by atoms with Gasteiger partial charge in [-0.25, -0.2) is 4.79 Å². The van der Waals surface area contributed by atoms with E-state index in [4.69, 9.17) is 73.5 Å². The molecule has 17 heteroatoms. The minimum absolute atomic E-state index is 0.0130. The van der Waals surface area contributed by atoms with Crippen LogP contribution in [-0.4, -0.2) is 181 Å². The summed E-state index contributed by atoms with van der Waals surface area (Å²) >= 11 is 5.50. The lowest BCUT2D eigenvalue weighted by Crippen LogP contribution is -2.17. The lowest BCUT2D eigenvalue weighted by Gasteiger charge is -2.09. The lowest BCUT2D eigenvalue weighted by atomic mass is 10.2. The zero-order valence-corrected chi connectivity index (χ0v) is 27.6. The van der Waals surface area contributed by atoms with Gasteiger partial charge in [0, 0.05) is 12.3 Å². The molecule has 0 saturated heterocycles. The van der Waals surface area contributed by atoms with Gasteiger partial charge in [-0.05, 0) is 0 Å². The molecule has 0 bridgehead atoms. The van der Waals surface area contributed by atoms with E-state index < -0.39 is 17.7 Å². The molecule has 1 N–H and O–H groups in total. The van der Waals surface area contributed by atoms with Crippen molar-refractivity contribution >= 4 is 29.3 Å². The number of hydrogen-bond donors (Lipinski definition) is 1. The van der Waals surface area contributed by atoms with Crippen molar-refractivity contribution in [3.8, 4) is 0 Å². The van der Waals surface area contributed by atoms with Crippen molar-refractivity contribution in [2.45, 2.75) is 12.8 Å². The summed E-state index contributed by atoms with van der Waals surface area (Å²) in [5, 5.41) is 8.44. The summed E-state index contributed by atoms with van der Waals surface area (Å²) in [4.78, 5) is 32.6. The Morgan fingerprint density at radius 1 is 0.370 bits per heavy atom. The lowest BCUT2D eigenvalue weighted by molar-refractivity contribution is -0.151. The third-order valence-corrected chi connectivity index (χ3v) is 5.38. The first-order valence-corrected chi connectivity index (χ1v) is 15.9. The number of aliphatic carboxylic acids is 1. The van der Waals surface area contributed by atoms with Crippen LogP contribution in [0.1, 0.15) is 12.8 Å². The number of halogens is 1. The van der Waals surface area contributed by atoms with Gasteiger partial charge in [-0.15, -0.1) is 11.6 Å². The molecule has 0 aliphatic rings. The Morgan fingerprint density at radius 3 is 0.848 bits per heavy atom. The van der Waals surface area contributed by atoms with Gasteiger partial charge < -0.3 is 61.9 Å². The summed E-state index contributed by atoms with van der Waals surface area (Å²) in [5.41, 5.74) is 0. The second kappa shape index (κ2) is 37.9. The Balaban J connectivity index is 3.11. The fourth-order valence-electron chi connectivity index (χ4n) is 2.96. The maximum absolute atomic E-state index is 11.4. The third kappa shape index (κ3) is 36.9. The summed E-state index contributed by atoms with van der Waals surface area (Å²) in [6.45, 7) is 9.99. The average Bonchev–Trinajstić information content (AvgIpc) is 3.05. The first-order chi connectivity index (χ1) is 22.6. The van der Waals surface area contributed by atoms with Crippen molar-refractivity contribution < 1.29 is 76.3 Å². The van der Waals surface area contributed by atoms with E-state index in [-0.39, 0.29) is 26.1 Å². The number of esters is 1. The van der Waals surface area contributed by atoms with Crippen LogP contribution in [0.4, 0.5) is 0 Å². The molecule has 0 aromatic rings. The van der Waals surface area contributed by atoms with Crippen LogP contribution in [0.15, 0.2) is 0 Å². The zero-order chi connectivity index (χ0) is 33.6. The van der Waals surface area contributed by atoms with E-state index in [2.05, 4.69) is 0 Å². The average molecular weight is 693 g/mol. The van der Waals surface area contributed by atoms with Crippen LogP contribution in [0.2, 0.25) is 0 Å². The number of hydrogen-bond acceptors (Lipinski definition) is 15. The van der Waals surface area contributed by atoms with E-state index in [0.717, 1.165) is 0 Å². The fraction of sp³-hybridized carbons (Fsp3) is 0.897. The molecule has 0 rings (SSSR count). The van der Waals surface area contributed by atoms with Gasteiger partial charge in [0.1, 0.15) is 6.61 Å². The Kier molecular flexibility index (Phi) is 36.6. The maximum atomic E-state index is 11.4. The molecule has 0 radical (unpaired) electrons. The van der Waals surface area contributed by atoms with Crippen LogP contribution < -0.4 is 0 Å². The number of carboxylic acid groups (broad SMARTS) is 1. The SMILES string of the molecule is O=C(CCC(=O)C(=O)O)OCCOCCOCCOCCOCCOCCOCCOCCOCCOCCOCCOCCCl. The van der Waals surface area contributed by atoms with Gasteiger partial charge in [0.25, 0.3) is 0 Å². The molecule has 0 aromatic heterocycles. The summed E-state index contributed by atoms with van der Waals surface area (Å²) in [6, 6.07) is 0. The molecule has 272 valence electrons. The first kappa shape index (κ1) is 44.5. The number of alkyl halides is 1. The fourth-order valence-corrected chi connectivity index (χ4v) is 3.07. The van der Waals surface area contributed by atoms with Crippen LogP contribution in [-0.2, 0) is 71.2 Å². The quantitative estimate of drug-likeness (QED) is 0.0404. The summed E-state index contributed by atoms with van der Waals surface area (Å²) in [5.74, 6) is -2.75. The summed E-state index contributed by atoms with van der Waals surface area (Å²) in [7, 11) is 0. The van der Waals surface area contributed by atoms with Crippen LogP contribution >= 0.6 is 11.6 Å². The van der Waals surface area contributed by atoms with E-state index in [9.17, 15) is 14.4 Å². The number of carbonyl (C=O) groups is 3. The van der Waals surface area contributed by atoms with Gasteiger partial charge in [-0.2, -0.15) is 0 Å². The molecule has 46 heavy (non-hydrogen) atoms. The molecular weight excluding hydrogens is 640 g/mol. The molecule has 0 fully saturated rings. The predicted molar refractivity (Wildman–Crippen MR) is 163 cm³/mol. The molecule has 0 aliphatic carbocycles. The van der Waals surface area contributed by atoms with Crippen molar-refractivity contribution in [1.82, 2.24) is 0 Å². The molecule has 0 heterocycles. The molecule has 0 spiro atoms. The van der Waals surface area contributed by atoms with Crippen LogP contribution in [0, 0.1) is 0 Å². The zero-order valence-electron chi connectivity index (χ0n) is 26.8. The largest absolute Gasteiger partial charge is 0.476 e. The highest BCUT2D eigenvalue weighted by atomic mass is 35.5. The van der Waals surface area contributed by atoms with Crippen molar-refractivity contribution in [3.05, 3.63) is 0 Å². The topological polar surface area (TPSA) is 182 Å². The second-order valence-corrected chi connectivity index (χ2v) is 9.25. The molecule has 0 aromatic carbocycles. The first-order valence-electron chi connectivity index (χ1n) is 15.4. The number of carbonyl (C=O) groups excluding carboxylic acids is 2. The number of ketones is 1. The smallest absolute Gasteiger partial charge is 0.372 e. The summed E-state index contributed by atoms with van der Waals surface area (Å²) < 4.78 is 64.0. The number of carboxylic acids is 1. The number of Topliss-reactive ketones (excluding diaryl/α,β-unsaturated/α-hetero) is 1.